The molecule has 0 saturated carbocycles. The maximum atomic E-state index is 11.5. The van der Waals surface area contributed by atoms with E-state index in [9.17, 15) is 9.90 Å². The van der Waals surface area contributed by atoms with Gasteiger partial charge in [-0.15, -0.1) is 16.4 Å². The van der Waals surface area contributed by atoms with Crippen LogP contribution in [0.4, 0.5) is 5.82 Å². The van der Waals surface area contributed by atoms with Crippen molar-refractivity contribution in [3.63, 3.8) is 0 Å². The number of aryl methyl sites for hydroxylation is 1. The Kier molecular flexibility index (Phi) is 4.68. The van der Waals surface area contributed by atoms with Crippen LogP contribution in [0.15, 0.2) is 17.5 Å². The number of hydrogen-bond acceptors (Lipinski definition) is 5. The fourth-order valence-corrected chi connectivity index (χ4v) is 2.76. The highest BCUT2D eigenvalue weighted by Gasteiger charge is 2.20. The van der Waals surface area contributed by atoms with Gasteiger partial charge < -0.3 is 10.4 Å². The zero-order chi connectivity index (χ0) is 14.5. The van der Waals surface area contributed by atoms with E-state index in [0.29, 0.717) is 25.2 Å². The summed E-state index contributed by atoms with van der Waals surface area (Å²) in [5, 5.41) is 22.7. The molecule has 0 aliphatic carbocycles. The van der Waals surface area contributed by atoms with E-state index in [4.69, 9.17) is 0 Å². The summed E-state index contributed by atoms with van der Waals surface area (Å²) in [5.41, 5.74) is 1.77. The Morgan fingerprint density at radius 2 is 2.15 bits per heavy atom. The van der Waals surface area contributed by atoms with Gasteiger partial charge in [-0.1, -0.05) is 19.9 Å². The van der Waals surface area contributed by atoms with Crippen LogP contribution in [0.5, 0.6) is 0 Å². The fraction of sp³-hybridized carbons (Fsp3) is 0.357. The number of carboxylic acid groups (broad SMARTS) is 1. The first kappa shape index (κ1) is 14.5. The number of hydrogen-bond donors (Lipinski definition) is 2. The molecule has 0 radical (unpaired) electrons. The van der Waals surface area contributed by atoms with E-state index < -0.39 is 5.97 Å². The first-order valence-corrected chi connectivity index (χ1v) is 7.43. The largest absolute Gasteiger partial charge is 0.478 e. The van der Waals surface area contributed by atoms with Crippen molar-refractivity contribution in [3.05, 3.63) is 39.2 Å². The van der Waals surface area contributed by atoms with E-state index in [1.54, 1.807) is 11.3 Å². The number of aromatic carboxylic acids is 1. The standard InChI is InChI=1S/C14H17N3O2S/c1-3-10-11(4-2)16-17-13(12(10)14(18)19)15-8-9-6-5-7-20-9/h5-7H,3-4,8H2,1-2H3,(H,15,17)(H,18,19). The molecule has 0 atom stereocenters. The van der Waals surface area contributed by atoms with Gasteiger partial charge in [0.15, 0.2) is 5.82 Å². The van der Waals surface area contributed by atoms with Crippen LogP contribution < -0.4 is 5.32 Å². The fourth-order valence-electron chi connectivity index (χ4n) is 2.11. The van der Waals surface area contributed by atoms with Gasteiger partial charge in [0, 0.05) is 4.88 Å². The Morgan fingerprint density at radius 3 is 2.70 bits per heavy atom. The molecule has 0 unspecified atom stereocenters. The van der Waals surface area contributed by atoms with Crippen LogP contribution in [0, 0.1) is 0 Å². The second kappa shape index (κ2) is 6.47. The predicted molar refractivity (Wildman–Crippen MR) is 79.4 cm³/mol. The van der Waals surface area contributed by atoms with Crippen molar-refractivity contribution >= 4 is 23.1 Å². The van der Waals surface area contributed by atoms with Crippen molar-refractivity contribution in [2.75, 3.05) is 5.32 Å². The zero-order valence-corrected chi connectivity index (χ0v) is 12.3. The molecule has 20 heavy (non-hydrogen) atoms. The number of rotatable bonds is 6. The lowest BCUT2D eigenvalue weighted by atomic mass is 10.0. The monoisotopic (exact) mass is 291 g/mol. The van der Waals surface area contributed by atoms with Crippen LogP contribution in [0.25, 0.3) is 0 Å². The topological polar surface area (TPSA) is 75.1 Å². The maximum Gasteiger partial charge on any atom is 0.339 e. The van der Waals surface area contributed by atoms with Crippen molar-refractivity contribution < 1.29 is 9.90 Å². The number of carboxylic acids is 1. The third-order valence-electron chi connectivity index (χ3n) is 3.07. The predicted octanol–water partition coefficient (Wildman–Crippen LogP) is 2.97. The van der Waals surface area contributed by atoms with Gasteiger partial charge in [-0.2, -0.15) is 5.10 Å². The van der Waals surface area contributed by atoms with Crippen molar-refractivity contribution in [3.8, 4) is 0 Å². The number of nitrogens with zero attached hydrogens (tertiary/aromatic N) is 2. The Balaban J connectivity index is 2.34. The summed E-state index contributed by atoms with van der Waals surface area (Å²) >= 11 is 1.62. The molecule has 2 N–H and O–H groups in total. The molecule has 0 saturated heterocycles. The van der Waals surface area contributed by atoms with Crippen LogP contribution >= 0.6 is 11.3 Å². The summed E-state index contributed by atoms with van der Waals surface area (Å²) in [4.78, 5) is 12.7. The number of thiophene rings is 1. The van der Waals surface area contributed by atoms with Crippen molar-refractivity contribution in [2.24, 2.45) is 0 Å². The van der Waals surface area contributed by atoms with Gasteiger partial charge in [0.1, 0.15) is 5.56 Å². The van der Waals surface area contributed by atoms with Crippen LogP contribution in [0.1, 0.15) is 40.3 Å². The highest BCUT2D eigenvalue weighted by molar-refractivity contribution is 7.09. The summed E-state index contributed by atoms with van der Waals surface area (Å²) < 4.78 is 0. The van der Waals surface area contributed by atoms with E-state index >= 15 is 0 Å². The molecular weight excluding hydrogens is 274 g/mol. The van der Waals surface area contributed by atoms with Crippen LogP contribution in [-0.4, -0.2) is 21.3 Å². The van der Waals surface area contributed by atoms with Gasteiger partial charge in [-0.25, -0.2) is 4.79 Å². The Morgan fingerprint density at radius 1 is 1.35 bits per heavy atom. The van der Waals surface area contributed by atoms with Crippen LogP contribution in [-0.2, 0) is 19.4 Å². The molecule has 0 fully saturated rings. The minimum absolute atomic E-state index is 0.246. The molecule has 0 amide bonds. The highest BCUT2D eigenvalue weighted by Crippen LogP contribution is 2.22. The second-order valence-corrected chi connectivity index (χ2v) is 5.33. The van der Waals surface area contributed by atoms with Crippen LogP contribution in [0.2, 0.25) is 0 Å². The van der Waals surface area contributed by atoms with E-state index in [0.717, 1.165) is 16.1 Å². The van der Waals surface area contributed by atoms with Gasteiger partial charge in [-0.3, -0.25) is 0 Å². The first-order valence-electron chi connectivity index (χ1n) is 6.55. The van der Waals surface area contributed by atoms with E-state index in [-0.39, 0.29) is 5.56 Å². The molecule has 2 aromatic heterocycles. The number of anilines is 1. The molecule has 2 aromatic rings. The molecule has 2 rings (SSSR count). The average molecular weight is 291 g/mol. The summed E-state index contributed by atoms with van der Waals surface area (Å²) in [6.07, 6.45) is 1.32. The van der Waals surface area contributed by atoms with E-state index in [1.807, 2.05) is 31.4 Å². The number of aromatic nitrogens is 2. The zero-order valence-electron chi connectivity index (χ0n) is 11.5. The summed E-state index contributed by atoms with van der Waals surface area (Å²) in [6, 6.07) is 3.95. The molecule has 2 heterocycles. The molecule has 0 aliphatic heterocycles. The van der Waals surface area contributed by atoms with Crippen LogP contribution in [0.3, 0.4) is 0 Å². The van der Waals surface area contributed by atoms with E-state index in [2.05, 4.69) is 15.5 Å². The smallest absolute Gasteiger partial charge is 0.339 e. The van der Waals surface area contributed by atoms with Gasteiger partial charge >= 0.3 is 5.97 Å². The van der Waals surface area contributed by atoms with E-state index in [1.165, 1.54) is 0 Å². The Hall–Kier alpha value is -1.95. The lowest BCUT2D eigenvalue weighted by Crippen LogP contribution is -2.14. The molecule has 0 aliphatic rings. The minimum Gasteiger partial charge on any atom is -0.478 e. The third-order valence-corrected chi connectivity index (χ3v) is 3.95. The second-order valence-electron chi connectivity index (χ2n) is 4.29. The SMILES string of the molecule is CCc1nnc(NCc2cccs2)c(C(=O)O)c1CC. The maximum absolute atomic E-state index is 11.5. The van der Waals surface area contributed by atoms with Crippen molar-refractivity contribution in [1.82, 2.24) is 10.2 Å². The molecule has 5 nitrogen and oxygen atoms in total. The van der Waals surface area contributed by atoms with Gasteiger partial charge in [0.2, 0.25) is 0 Å². The summed E-state index contributed by atoms with van der Waals surface area (Å²) in [6.45, 7) is 4.44. The highest BCUT2D eigenvalue weighted by atomic mass is 32.1. The normalized spacial score (nSPS) is 10.5. The van der Waals surface area contributed by atoms with Crippen molar-refractivity contribution in [2.45, 2.75) is 33.2 Å². The number of carbonyl (C=O) groups is 1. The quantitative estimate of drug-likeness (QED) is 0.855. The molecule has 0 spiro atoms. The lowest BCUT2D eigenvalue weighted by molar-refractivity contribution is 0.0696. The Labute approximate surface area is 121 Å². The Bertz CT molecular complexity index is 597. The average Bonchev–Trinajstić information content (AvgIpc) is 2.96. The minimum atomic E-state index is -0.958. The molecule has 0 aromatic carbocycles. The van der Waals surface area contributed by atoms with Gasteiger partial charge in [-0.05, 0) is 29.9 Å². The first-order chi connectivity index (χ1) is 9.67. The summed E-state index contributed by atoms with van der Waals surface area (Å²) in [5.74, 6) is -0.611. The number of nitrogens with one attached hydrogen (secondary N) is 1. The molecule has 0 bridgehead atoms. The molecule has 6 heteroatoms. The third kappa shape index (κ3) is 2.96. The lowest BCUT2D eigenvalue weighted by Gasteiger charge is -2.13. The molecular formula is C14H17N3O2S. The van der Waals surface area contributed by atoms with Gasteiger partial charge in [0.05, 0.1) is 12.2 Å². The molecule has 106 valence electrons. The van der Waals surface area contributed by atoms with Gasteiger partial charge in [0.25, 0.3) is 0 Å². The summed E-state index contributed by atoms with van der Waals surface area (Å²) in [7, 11) is 0. The van der Waals surface area contributed by atoms with Crippen molar-refractivity contribution in [1.29, 1.82) is 0 Å².